The molecule has 0 aliphatic heterocycles. The molecule has 1 aromatic rings. The third-order valence-corrected chi connectivity index (χ3v) is 3.35. The van der Waals surface area contributed by atoms with E-state index in [0.29, 0.717) is 11.3 Å². The summed E-state index contributed by atoms with van der Waals surface area (Å²) in [5.41, 5.74) is 0.889. The summed E-state index contributed by atoms with van der Waals surface area (Å²) in [6.07, 6.45) is 0.709. The molecule has 7 heteroatoms. The number of carbonyl (C=O) groups excluding carboxylic acids is 2. The molecule has 1 aliphatic rings. The first-order chi connectivity index (χ1) is 10.5. The number of rotatable bonds is 7. The van der Waals surface area contributed by atoms with Gasteiger partial charge in [-0.3, -0.25) is 9.59 Å². The zero-order chi connectivity index (χ0) is 16.1. The van der Waals surface area contributed by atoms with Crippen molar-refractivity contribution in [2.24, 2.45) is 5.92 Å². The van der Waals surface area contributed by atoms with Crippen molar-refractivity contribution in [1.82, 2.24) is 5.32 Å². The molecule has 0 saturated heterocycles. The van der Waals surface area contributed by atoms with E-state index in [1.807, 2.05) is 0 Å². The number of anilines is 1. The van der Waals surface area contributed by atoms with Crippen molar-refractivity contribution in [2.45, 2.75) is 18.9 Å². The molecular formula is C15H18N2O5. The van der Waals surface area contributed by atoms with Gasteiger partial charge in [-0.05, 0) is 31.0 Å². The van der Waals surface area contributed by atoms with Crippen LogP contribution in [0.2, 0.25) is 0 Å². The molecule has 1 aromatic carbocycles. The molecule has 1 fully saturated rings. The van der Waals surface area contributed by atoms with Crippen molar-refractivity contribution in [1.29, 1.82) is 0 Å². The number of benzene rings is 1. The molecule has 1 unspecified atom stereocenters. The standard InChI is InChI=1S/C15H18N2O5/c1-22-12(15(20)21)8-16-13(18)10-3-2-4-11(7-10)17-14(19)9-5-6-9/h2-4,7,9,12H,5-6,8H2,1H3,(H,16,18)(H,17,19)(H,20,21). The molecular weight excluding hydrogens is 288 g/mol. The molecule has 2 rings (SSSR count). The Morgan fingerprint density at radius 3 is 2.68 bits per heavy atom. The van der Waals surface area contributed by atoms with Crippen LogP contribution in [0.4, 0.5) is 5.69 Å². The molecule has 22 heavy (non-hydrogen) atoms. The van der Waals surface area contributed by atoms with Crippen LogP contribution in [0.25, 0.3) is 0 Å². The van der Waals surface area contributed by atoms with Crippen LogP contribution in [-0.2, 0) is 14.3 Å². The van der Waals surface area contributed by atoms with E-state index in [1.165, 1.54) is 7.11 Å². The van der Waals surface area contributed by atoms with Crippen LogP contribution >= 0.6 is 0 Å². The van der Waals surface area contributed by atoms with Gasteiger partial charge in [0.05, 0.1) is 6.54 Å². The Morgan fingerprint density at radius 1 is 1.36 bits per heavy atom. The maximum atomic E-state index is 12.0. The lowest BCUT2D eigenvalue weighted by Gasteiger charge is -2.12. The lowest BCUT2D eigenvalue weighted by atomic mass is 10.1. The Bertz CT molecular complexity index is 583. The van der Waals surface area contributed by atoms with Gasteiger partial charge in [0.15, 0.2) is 6.10 Å². The van der Waals surface area contributed by atoms with Gasteiger partial charge in [-0.25, -0.2) is 4.79 Å². The van der Waals surface area contributed by atoms with Crippen molar-refractivity contribution in [3.05, 3.63) is 29.8 Å². The van der Waals surface area contributed by atoms with Gasteiger partial charge in [0.25, 0.3) is 5.91 Å². The quantitative estimate of drug-likeness (QED) is 0.693. The van der Waals surface area contributed by atoms with Crippen LogP contribution in [0.5, 0.6) is 0 Å². The molecule has 118 valence electrons. The number of carbonyl (C=O) groups is 3. The number of carboxylic acids is 1. The van der Waals surface area contributed by atoms with Gasteiger partial charge >= 0.3 is 5.97 Å². The first-order valence-electron chi connectivity index (χ1n) is 6.96. The van der Waals surface area contributed by atoms with E-state index in [4.69, 9.17) is 9.84 Å². The molecule has 7 nitrogen and oxygen atoms in total. The van der Waals surface area contributed by atoms with Crippen molar-refractivity contribution in [3.63, 3.8) is 0 Å². The van der Waals surface area contributed by atoms with Gasteiger partial charge in [0.1, 0.15) is 0 Å². The van der Waals surface area contributed by atoms with Gasteiger partial charge < -0.3 is 20.5 Å². The van der Waals surface area contributed by atoms with Gasteiger partial charge in [0.2, 0.25) is 5.91 Å². The minimum Gasteiger partial charge on any atom is -0.479 e. The molecule has 0 heterocycles. The van der Waals surface area contributed by atoms with Gasteiger partial charge in [-0.2, -0.15) is 0 Å². The molecule has 1 atom stereocenters. The number of hydrogen-bond acceptors (Lipinski definition) is 4. The van der Waals surface area contributed by atoms with E-state index in [0.717, 1.165) is 12.8 Å². The highest BCUT2D eigenvalue weighted by molar-refractivity contribution is 5.98. The van der Waals surface area contributed by atoms with Crippen LogP contribution in [-0.4, -0.2) is 42.6 Å². The molecule has 0 aromatic heterocycles. The zero-order valence-electron chi connectivity index (χ0n) is 12.2. The largest absolute Gasteiger partial charge is 0.479 e. The molecule has 1 aliphatic carbocycles. The minimum atomic E-state index is -1.15. The average Bonchev–Trinajstić information content (AvgIpc) is 3.32. The lowest BCUT2D eigenvalue weighted by Crippen LogP contribution is -2.37. The predicted molar refractivity (Wildman–Crippen MR) is 78.6 cm³/mol. The van der Waals surface area contributed by atoms with E-state index in [2.05, 4.69) is 10.6 Å². The van der Waals surface area contributed by atoms with Gasteiger partial charge in [0, 0.05) is 24.3 Å². The van der Waals surface area contributed by atoms with Crippen LogP contribution in [0.15, 0.2) is 24.3 Å². The Labute approximate surface area is 127 Å². The van der Waals surface area contributed by atoms with Gasteiger partial charge in [-0.1, -0.05) is 6.07 Å². The normalized spacial score (nSPS) is 15.0. The summed E-state index contributed by atoms with van der Waals surface area (Å²) in [5, 5.41) is 14.1. The number of ether oxygens (including phenoxy) is 1. The number of aliphatic carboxylic acids is 1. The SMILES string of the molecule is COC(CNC(=O)c1cccc(NC(=O)C2CC2)c1)C(=O)O. The molecule has 2 amide bonds. The minimum absolute atomic E-state index is 0.0390. The summed E-state index contributed by atoms with van der Waals surface area (Å²) in [5.74, 6) is -1.53. The summed E-state index contributed by atoms with van der Waals surface area (Å²) in [6.45, 7) is -0.136. The first kappa shape index (κ1) is 16.0. The topological polar surface area (TPSA) is 105 Å². The second kappa shape index (κ2) is 7.04. The Hall–Kier alpha value is -2.41. The van der Waals surface area contributed by atoms with Crippen molar-refractivity contribution < 1.29 is 24.2 Å². The number of methoxy groups -OCH3 is 1. The highest BCUT2D eigenvalue weighted by atomic mass is 16.5. The third kappa shape index (κ3) is 4.29. The zero-order valence-corrected chi connectivity index (χ0v) is 12.2. The molecule has 0 radical (unpaired) electrons. The number of nitrogens with one attached hydrogen (secondary N) is 2. The van der Waals surface area contributed by atoms with Crippen molar-refractivity contribution >= 4 is 23.5 Å². The molecule has 0 bridgehead atoms. The molecule has 0 spiro atoms. The van der Waals surface area contributed by atoms with E-state index in [1.54, 1.807) is 24.3 Å². The smallest absolute Gasteiger partial charge is 0.334 e. The average molecular weight is 306 g/mol. The predicted octanol–water partition coefficient (Wildman–Crippen LogP) is 0.864. The Balaban J connectivity index is 1.94. The summed E-state index contributed by atoms with van der Waals surface area (Å²) in [7, 11) is 1.26. The second-order valence-corrected chi connectivity index (χ2v) is 5.12. The Kier molecular flexibility index (Phi) is 5.11. The monoisotopic (exact) mass is 306 g/mol. The maximum absolute atomic E-state index is 12.0. The van der Waals surface area contributed by atoms with E-state index in [-0.39, 0.29) is 18.4 Å². The fourth-order valence-electron chi connectivity index (χ4n) is 1.89. The summed E-state index contributed by atoms with van der Waals surface area (Å²) in [4.78, 5) is 34.5. The highest BCUT2D eigenvalue weighted by Gasteiger charge is 2.29. The lowest BCUT2D eigenvalue weighted by molar-refractivity contribution is -0.148. The first-order valence-corrected chi connectivity index (χ1v) is 6.96. The second-order valence-electron chi connectivity index (χ2n) is 5.12. The summed E-state index contributed by atoms with van der Waals surface area (Å²) < 4.78 is 4.74. The summed E-state index contributed by atoms with van der Waals surface area (Å²) >= 11 is 0. The van der Waals surface area contributed by atoms with E-state index in [9.17, 15) is 14.4 Å². The van der Waals surface area contributed by atoms with E-state index >= 15 is 0 Å². The highest BCUT2D eigenvalue weighted by Crippen LogP contribution is 2.30. The number of hydrogen-bond donors (Lipinski definition) is 3. The van der Waals surface area contributed by atoms with Crippen LogP contribution in [0.1, 0.15) is 23.2 Å². The van der Waals surface area contributed by atoms with E-state index < -0.39 is 18.0 Å². The number of amides is 2. The van der Waals surface area contributed by atoms with Crippen LogP contribution in [0.3, 0.4) is 0 Å². The molecule has 1 saturated carbocycles. The maximum Gasteiger partial charge on any atom is 0.334 e. The van der Waals surface area contributed by atoms with Crippen molar-refractivity contribution in [2.75, 3.05) is 19.0 Å². The van der Waals surface area contributed by atoms with Crippen LogP contribution in [0, 0.1) is 5.92 Å². The number of carboxylic acid groups (broad SMARTS) is 1. The fourth-order valence-corrected chi connectivity index (χ4v) is 1.89. The van der Waals surface area contributed by atoms with Gasteiger partial charge in [-0.15, -0.1) is 0 Å². The van der Waals surface area contributed by atoms with Crippen molar-refractivity contribution in [3.8, 4) is 0 Å². The van der Waals surface area contributed by atoms with Crippen LogP contribution < -0.4 is 10.6 Å². The summed E-state index contributed by atoms with van der Waals surface area (Å²) in [6, 6.07) is 6.50. The third-order valence-electron chi connectivity index (χ3n) is 3.35. The molecule has 3 N–H and O–H groups in total. The Morgan fingerprint density at radius 2 is 2.09 bits per heavy atom. The fraction of sp³-hybridized carbons (Fsp3) is 0.400.